The molecule has 236 valence electrons. The molecular formula is C31H28S14. The van der Waals surface area contributed by atoms with Gasteiger partial charge in [-0.15, -0.1) is 70.6 Å². The van der Waals surface area contributed by atoms with E-state index in [0.29, 0.717) is 23.7 Å². The van der Waals surface area contributed by atoms with E-state index in [0.717, 1.165) is 0 Å². The molecule has 8 rings (SSSR count). The molecule has 0 saturated heterocycles. The molecule has 0 nitrogen and oxygen atoms in total. The molecule has 0 spiro atoms. The van der Waals surface area contributed by atoms with E-state index < -0.39 is 0 Å². The quantitative estimate of drug-likeness (QED) is 0.249. The molecule has 45 heavy (non-hydrogen) atoms. The fourth-order valence-corrected chi connectivity index (χ4v) is 25.0. The molecule has 1 aromatic carbocycles. The van der Waals surface area contributed by atoms with Crippen molar-refractivity contribution in [3.8, 4) is 0 Å². The summed E-state index contributed by atoms with van der Waals surface area (Å²) in [6, 6.07) is 5.24. The second-order valence-corrected chi connectivity index (χ2v) is 26.3. The Morgan fingerprint density at radius 3 is 1.09 bits per heavy atom. The van der Waals surface area contributed by atoms with Crippen molar-refractivity contribution in [3.63, 3.8) is 0 Å². The van der Waals surface area contributed by atoms with Crippen molar-refractivity contribution in [2.24, 2.45) is 23.7 Å². The van der Waals surface area contributed by atoms with E-state index in [1.54, 1.807) is 19.6 Å². The number of thioether (sulfide) groups is 14. The van der Waals surface area contributed by atoms with Crippen LogP contribution < -0.4 is 0 Å². The van der Waals surface area contributed by atoms with Gasteiger partial charge in [0.2, 0.25) is 0 Å². The van der Waals surface area contributed by atoms with E-state index in [2.05, 4.69) is 109 Å². The molecule has 3 aliphatic carbocycles. The third-order valence-corrected chi connectivity index (χ3v) is 27.3. The van der Waals surface area contributed by atoms with E-state index in [-0.39, 0.29) is 0 Å². The first-order valence-electron chi connectivity index (χ1n) is 14.0. The van der Waals surface area contributed by atoms with Gasteiger partial charge in [-0.05, 0) is 102 Å². The maximum absolute atomic E-state index is 2.62. The molecule has 7 aliphatic rings. The van der Waals surface area contributed by atoms with Crippen molar-refractivity contribution in [3.05, 3.63) is 77.8 Å². The lowest BCUT2D eigenvalue weighted by atomic mass is 9.66. The SMILES string of the molecule is CSC1=C(SC)SC(=C2Sc3cc4c(cc3S2)C(=C2SC(SC)=C(SC)S2)C2C(C4=C3SC(SC)=C(SC)S3)[C@@H]3C=C[C@H]2C3)S1. The van der Waals surface area contributed by atoms with Gasteiger partial charge < -0.3 is 0 Å². The molecule has 1 fully saturated rings. The third kappa shape index (κ3) is 5.98. The average Bonchev–Trinajstić information content (AvgIpc) is 3.91. The smallest absolute Gasteiger partial charge is 0.0717 e. The van der Waals surface area contributed by atoms with Crippen LogP contribution in [-0.2, 0) is 0 Å². The minimum Gasteiger partial charge on any atom is -0.121 e. The number of benzene rings is 1. The normalized spacial score (nSPS) is 28.7. The van der Waals surface area contributed by atoms with Gasteiger partial charge in [-0.2, -0.15) is 0 Å². The highest BCUT2D eigenvalue weighted by atomic mass is 32.3. The summed E-state index contributed by atoms with van der Waals surface area (Å²) in [5.41, 5.74) is 6.32. The van der Waals surface area contributed by atoms with Crippen LogP contribution in [0.2, 0.25) is 0 Å². The molecule has 2 unspecified atom stereocenters. The summed E-state index contributed by atoms with van der Waals surface area (Å²) in [6.07, 6.45) is 19.9. The van der Waals surface area contributed by atoms with Crippen LogP contribution in [0.5, 0.6) is 0 Å². The molecule has 0 amide bonds. The second-order valence-electron chi connectivity index (χ2n) is 10.6. The van der Waals surface area contributed by atoms with Crippen molar-refractivity contribution < 1.29 is 0 Å². The number of hydrogen-bond donors (Lipinski definition) is 0. The molecule has 4 aliphatic heterocycles. The molecule has 0 radical (unpaired) electrons. The van der Waals surface area contributed by atoms with Crippen molar-refractivity contribution in [2.45, 2.75) is 16.2 Å². The van der Waals surface area contributed by atoms with Crippen LogP contribution in [0.1, 0.15) is 17.5 Å². The van der Waals surface area contributed by atoms with Gasteiger partial charge in [0.25, 0.3) is 0 Å². The number of fused-ring (bicyclic) bond motifs is 7. The Morgan fingerprint density at radius 2 is 0.756 bits per heavy atom. The Morgan fingerprint density at radius 1 is 0.444 bits per heavy atom. The Kier molecular flexibility index (Phi) is 11.0. The van der Waals surface area contributed by atoms with Crippen LogP contribution in [0.4, 0.5) is 0 Å². The first-order valence-corrected chi connectivity index (χ1v) is 27.9. The molecule has 14 heteroatoms. The zero-order chi connectivity index (χ0) is 31.0. The molecule has 1 aromatic rings. The number of rotatable bonds is 6. The van der Waals surface area contributed by atoms with Crippen LogP contribution in [-0.4, -0.2) is 37.5 Å². The lowest BCUT2D eigenvalue weighted by molar-refractivity contribution is 0.467. The number of allylic oxidation sites excluding steroid dienone is 4. The molecule has 4 atom stereocenters. The summed E-state index contributed by atoms with van der Waals surface area (Å²) in [6.45, 7) is 0. The van der Waals surface area contributed by atoms with Crippen molar-refractivity contribution in [1.82, 2.24) is 0 Å². The summed E-state index contributed by atoms with van der Waals surface area (Å²) in [4.78, 5) is 2.89. The summed E-state index contributed by atoms with van der Waals surface area (Å²) < 4.78 is 14.8. The highest BCUT2D eigenvalue weighted by molar-refractivity contribution is 8.42. The van der Waals surface area contributed by atoms with Gasteiger partial charge in [-0.25, -0.2) is 0 Å². The predicted octanol–water partition coefficient (Wildman–Crippen LogP) is 14.8. The standard InChI is InChI=1S/C31H28S14/c1-32-24-25(33-2)41-22(40-24)20-14-10-16-17(39-30(38-16)31-44-28(36-5)29(37-6)45-31)11-15(14)21(19-13-8-7-12(9-13)18(19)20)23-42-26(34-3)27(35-4)43-23/h7-8,10-13,18-19H,9H2,1-6H3/t12-,13+,18?,19?. The number of hydrogen-bond acceptors (Lipinski definition) is 14. The van der Waals surface area contributed by atoms with Crippen LogP contribution in [0.3, 0.4) is 0 Å². The van der Waals surface area contributed by atoms with E-state index in [1.807, 2.05) is 118 Å². The topological polar surface area (TPSA) is 0 Å². The van der Waals surface area contributed by atoms with Gasteiger partial charge in [-0.1, -0.05) is 106 Å². The highest BCUT2D eigenvalue weighted by Gasteiger charge is 2.53. The first-order chi connectivity index (χ1) is 22.0. The van der Waals surface area contributed by atoms with Gasteiger partial charge in [0.05, 0.1) is 42.4 Å². The van der Waals surface area contributed by atoms with Crippen molar-refractivity contribution >= 4 is 176 Å². The molecule has 2 bridgehead atoms. The Labute approximate surface area is 326 Å². The maximum atomic E-state index is 2.62. The average molecular weight is 850 g/mol. The summed E-state index contributed by atoms with van der Waals surface area (Å²) in [5.74, 6) is 2.38. The molecule has 0 aromatic heterocycles. The summed E-state index contributed by atoms with van der Waals surface area (Å²) in [7, 11) is 0. The Bertz CT molecular complexity index is 1570. The monoisotopic (exact) mass is 848 g/mol. The van der Waals surface area contributed by atoms with Crippen molar-refractivity contribution in [2.75, 3.05) is 37.5 Å². The second kappa shape index (κ2) is 14.4. The molecule has 4 heterocycles. The minimum atomic E-state index is 0.555. The summed E-state index contributed by atoms with van der Waals surface area (Å²) in [5, 5.41) is 0. The van der Waals surface area contributed by atoms with Crippen LogP contribution in [0, 0.1) is 23.7 Å². The zero-order valence-electron chi connectivity index (χ0n) is 25.0. The maximum Gasteiger partial charge on any atom is 0.0717 e. The van der Waals surface area contributed by atoms with E-state index >= 15 is 0 Å². The van der Waals surface area contributed by atoms with Gasteiger partial charge in [0, 0.05) is 9.79 Å². The minimum absolute atomic E-state index is 0.555. The molecule has 1 saturated carbocycles. The molecular weight excluding hydrogens is 821 g/mol. The van der Waals surface area contributed by atoms with Gasteiger partial charge in [0.1, 0.15) is 0 Å². The largest absolute Gasteiger partial charge is 0.121 e. The van der Waals surface area contributed by atoms with E-state index in [9.17, 15) is 0 Å². The van der Waals surface area contributed by atoms with Crippen LogP contribution >= 0.6 is 165 Å². The van der Waals surface area contributed by atoms with E-state index in [1.165, 1.54) is 61.2 Å². The predicted molar refractivity (Wildman–Crippen MR) is 234 cm³/mol. The highest BCUT2D eigenvalue weighted by Crippen LogP contribution is 2.71. The Balaban J connectivity index is 1.30. The van der Waals surface area contributed by atoms with Crippen LogP contribution in [0.15, 0.2) is 76.4 Å². The summed E-state index contributed by atoms with van der Waals surface area (Å²) >= 11 is 27.7. The van der Waals surface area contributed by atoms with Gasteiger partial charge in [-0.3, -0.25) is 0 Å². The molecule has 0 N–H and O–H groups in total. The van der Waals surface area contributed by atoms with Gasteiger partial charge in [0.15, 0.2) is 0 Å². The first kappa shape index (κ1) is 34.4. The van der Waals surface area contributed by atoms with Gasteiger partial charge >= 0.3 is 0 Å². The third-order valence-electron chi connectivity index (χ3n) is 8.53. The fraction of sp³-hybridized carbons (Fsp3) is 0.355. The lowest BCUT2D eigenvalue weighted by Crippen LogP contribution is -2.28. The van der Waals surface area contributed by atoms with E-state index in [4.69, 9.17) is 0 Å². The van der Waals surface area contributed by atoms with Crippen molar-refractivity contribution in [1.29, 1.82) is 0 Å². The fourth-order valence-electron chi connectivity index (χ4n) is 6.80. The zero-order valence-corrected chi connectivity index (χ0v) is 36.5. The lowest BCUT2D eigenvalue weighted by Gasteiger charge is -2.40. The van der Waals surface area contributed by atoms with Crippen LogP contribution in [0.25, 0.3) is 11.1 Å². The Hall–Kier alpha value is 2.30.